The maximum Gasteiger partial charge on any atom is 0.280 e. The number of hydrogen-bond donors (Lipinski definition) is 2. The van der Waals surface area contributed by atoms with Crippen LogP contribution in [0.4, 0.5) is 0 Å². The summed E-state index contributed by atoms with van der Waals surface area (Å²) in [5.74, 6) is 0.464. The minimum atomic E-state index is -0.682. The molecule has 1 unspecified atom stereocenters. The number of ether oxygens (including phenoxy) is 1. The molecule has 25 heavy (non-hydrogen) atoms. The molecule has 0 bridgehead atoms. The summed E-state index contributed by atoms with van der Waals surface area (Å²) in [4.78, 5) is 12.1. The quantitative estimate of drug-likeness (QED) is 0.554. The molecule has 0 aliphatic heterocycles. The van der Waals surface area contributed by atoms with Crippen molar-refractivity contribution in [2.24, 2.45) is 5.10 Å². The molecule has 5 heteroatoms. The standard InChI is InChI=1S/C20H18N2O3/c1-14(20(24)22-21-13-15-6-9-18(23)10-7-15)25-19-11-8-16-4-2-3-5-17(16)12-19/h2-14,23H,1H3,(H,22,24)/b21-13+. The fourth-order valence-corrected chi connectivity index (χ4v) is 2.32. The Labute approximate surface area is 145 Å². The summed E-state index contributed by atoms with van der Waals surface area (Å²) in [7, 11) is 0. The Morgan fingerprint density at radius 1 is 1.08 bits per heavy atom. The normalized spacial score (nSPS) is 12.2. The number of aromatic hydroxyl groups is 1. The topological polar surface area (TPSA) is 70.9 Å². The molecule has 126 valence electrons. The lowest BCUT2D eigenvalue weighted by Crippen LogP contribution is -2.33. The number of phenols is 1. The predicted octanol–water partition coefficient (Wildman–Crippen LogP) is 3.46. The number of phenolic OH excluding ortho intramolecular Hbond substituents is 1. The SMILES string of the molecule is CC(Oc1ccc2ccccc2c1)C(=O)N/N=C/c1ccc(O)cc1. The van der Waals surface area contributed by atoms with E-state index in [2.05, 4.69) is 10.5 Å². The molecule has 2 N–H and O–H groups in total. The van der Waals surface area contributed by atoms with E-state index >= 15 is 0 Å². The van der Waals surface area contributed by atoms with Crippen molar-refractivity contribution in [2.75, 3.05) is 0 Å². The fourth-order valence-electron chi connectivity index (χ4n) is 2.32. The third-order valence-electron chi connectivity index (χ3n) is 3.68. The molecule has 0 fully saturated rings. The van der Waals surface area contributed by atoms with E-state index in [1.165, 1.54) is 6.21 Å². The monoisotopic (exact) mass is 334 g/mol. The van der Waals surface area contributed by atoms with Crippen molar-refractivity contribution in [1.82, 2.24) is 5.43 Å². The third kappa shape index (κ3) is 4.35. The molecule has 0 saturated carbocycles. The zero-order valence-corrected chi connectivity index (χ0v) is 13.7. The number of hydrazone groups is 1. The van der Waals surface area contributed by atoms with E-state index in [0.29, 0.717) is 5.75 Å². The summed E-state index contributed by atoms with van der Waals surface area (Å²) in [5.41, 5.74) is 3.21. The second-order valence-corrected chi connectivity index (χ2v) is 5.59. The fraction of sp³-hybridized carbons (Fsp3) is 0.100. The molecule has 1 atom stereocenters. The van der Waals surface area contributed by atoms with Gasteiger partial charge in [0.25, 0.3) is 5.91 Å². The average molecular weight is 334 g/mol. The van der Waals surface area contributed by atoms with Crippen LogP contribution in [0.15, 0.2) is 71.8 Å². The van der Waals surface area contributed by atoms with Crippen LogP contribution in [0.3, 0.4) is 0 Å². The van der Waals surface area contributed by atoms with Crippen LogP contribution in [-0.2, 0) is 4.79 Å². The van der Waals surface area contributed by atoms with E-state index < -0.39 is 6.10 Å². The largest absolute Gasteiger partial charge is 0.508 e. The number of hydrogen-bond acceptors (Lipinski definition) is 4. The number of carbonyl (C=O) groups excluding carboxylic acids is 1. The first-order valence-electron chi connectivity index (χ1n) is 7.89. The Bertz CT molecular complexity index is 904. The van der Waals surface area contributed by atoms with Crippen LogP contribution >= 0.6 is 0 Å². The zero-order valence-electron chi connectivity index (χ0n) is 13.7. The summed E-state index contributed by atoms with van der Waals surface area (Å²) in [6.45, 7) is 1.67. The lowest BCUT2D eigenvalue weighted by molar-refractivity contribution is -0.127. The molecule has 5 nitrogen and oxygen atoms in total. The van der Waals surface area contributed by atoms with Gasteiger partial charge >= 0.3 is 0 Å². The van der Waals surface area contributed by atoms with Crippen molar-refractivity contribution >= 4 is 22.9 Å². The van der Waals surface area contributed by atoms with Gasteiger partial charge in [-0.1, -0.05) is 30.3 Å². The van der Waals surface area contributed by atoms with Gasteiger partial charge in [-0.05, 0) is 59.7 Å². The minimum Gasteiger partial charge on any atom is -0.508 e. The van der Waals surface area contributed by atoms with Crippen molar-refractivity contribution in [3.8, 4) is 11.5 Å². The highest BCUT2D eigenvalue weighted by molar-refractivity contribution is 5.85. The van der Waals surface area contributed by atoms with E-state index in [1.54, 1.807) is 31.2 Å². The second kappa shape index (κ2) is 7.49. The Morgan fingerprint density at radius 2 is 1.80 bits per heavy atom. The summed E-state index contributed by atoms with van der Waals surface area (Å²) >= 11 is 0. The highest BCUT2D eigenvalue weighted by atomic mass is 16.5. The average Bonchev–Trinajstić information content (AvgIpc) is 2.63. The number of nitrogens with one attached hydrogen (secondary N) is 1. The highest BCUT2D eigenvalue weighted by Crippen LogP contribution is 2.21. The molecule has 3 aromatic rings. The van der Waals surface area contributed by atoms with Gasteiger partial charge in [0.15, 0.2) is 6.10 Å². The smallest absolute Gasteiger partial charge is 0.280 e. The van der Waals surface area contributed by atoms with Crippen molar-refractivity contribution in [3.05, 3.63) is 72.3 Å². The Kier molecular flexibility index (Phi) is 4.95. The predicted molar refractivity (Wildman–Crippen MR) is 97.9 cm³/mol. The van der Waals surface area contributed by atoms with E-state index in [9.17, 15) is 9.90 Å². The molecule has 0 spiro atoms. The Morgan fingerprint density at radius 3 is 2.56 bits per heavy atom. The number of amides is 1. The molecule has 0 aliphatic rings. The number of nitrogens with zero attached hydrogens (tertiary/aromatic N) is 1. The summed E-state index contributed by atoms with van der Waals surface area (Å²) in [6.07, 6.45) is 0.818. The van der Waals surface area contributed by atoms with Crippen LogP contribution in [0.1, 0.15) is 12.5 Å². The van der Waals surface area contributed by atoms with Gasteiger partial charge in [-0.25, -0.2) is 5.43 Å². The van der Waals surface area contributed by atoms with Crippen LogP contribution in [0.2, 0.25) is 0 Å². The summed E-state index contributed by atoms with van der Waals surface area (Å²) in [6, 6.07) is 20.1. The van der Waals surface area contributed by atoms with Crippen LogP contribution in [0.5, 0.6) is 11.5 Å². The minimum absolute atomic E-state index is 0.179. The summed E-state index contributed by atoms with van der Waals surface area (Å²) in [5, 5.41) is 15.3. The van der Waals surface area contributed by atoms with Gasteiger partial charge in [-0.3, -0.25) is 4.79 Å². The maximum atomic E-state index is 12.1. The van der Waals surface area contributed by atoms with Crippen LogP contribution in [-0.4, -0.2) is 23.3 Å². The van der Waals surface area contributed by atoms with Crippen molar-refractivity contribution < 1.29 is 14.6 Å². The maximum absolute atomic E-state index is 12.1. The molecule has 0 aromatic heterocycles. The van der Waals surface area contributed by atoms with E-state index in [1.807, 2.05) is 42.5 Å². The third-order valence-corrected chi connectivity index (χ3v) is 3.68. The highest BCUT2D eigenvalue weighted by Gasteiger charge is 2.14. The lowest BCUT2D eigenvalue weighted by Gasteiger charge is -2.13. The molecule has 3 rings (SSSR count). The van der Waals surface area contributed by atoms with Crippen molar-refractivity contribution in [2.45, 2.75) is 13.0 Å². The molecule has 0 radical (unpaired) electrons. The molecule has 3 aromatic carbocycles. The van der Waals surface area contributed by atoms with Crippen molar-refractivity contribution in [1.29, 1.82) is 0 Å². The lowest BCUT2D eigenvalue weighted by atomic mass is 10.1. The number of fused-ring (bicyclic) bond motifs is 1. The van der Waals surface area contributed by atoms with Gasteiger partial charge in [0.05, 0.1) is 6.21 Å². The number of benzene rings is 3. The molecule has 0 heterocycles. The first-order chi connectivity index (χ1) is 12.1. The second-order valence-electron chi connectivity index (χ2n) is 5.59. The van der Waals surface area contributed by atoms with E-state index in [4.69, 9.17) is 4.74 Å². The Balaban J connectivity index is 1.58. The van der Waals surface area contributed by atoms with Gasteiger partial charge in [0.2, 0.25) is 0 Å². The Hall–Kier alpha value is -3.34. The molecule has 0 aliphatic carbocycles. The van der Waals surface area contributed by atoms with Crippen LogP contribution in [0, 0.1) is 0 Å². The van der Waals surface area contributed by atoms with Gasteiger partial charge < -0.3 is 9.84 Å². The zero-order chi connectivity index (χ0) is 17.6. The van der Waals surface area contributed by atoms with E-state index in [-0.39, 0.29) is 11.7 Å². The van der Waals surface area contributed by atoms with Gasteiger partial charge in [0.1, 0.15) is 11.5 Å². The first-order valence-corrected chi connectivity index (χ1v) is 7.89. The van der Waals surface area contributed by atoms with Gasteiger partial charge in [0, 0.05) is 0 Å². The first kappa shape index (κ1) is 16.5. The van der Waals surface area contributed by atoms with Gasteiger partial charge in [-0.15, -0.1) is 0 Å². The van der Waals surface area contributed by atoms with Crippen molar-refractivity contribution in [3.63, 3.8) is 0 Å². The van der Waals surface area contributed by atoms with E-state index in [0.717, 1.165) is 16.3 Å². The number of carbonyl (C=O) groups is 1. The molecule has 1 amide bonds. The molecular formula is C20H18N2O3. The molecular weight excluding hydrogens is 316 g/mol. The summed E-state index contributed by atoms with van der Waals surface area (Å²) < 4.78 is 5.68. The molecule has 0 saturated heterocycles. The van der Waals surface area contributed by atoms with Crippen LogP contribution < -0.4 is 10.2 Å². The number of rotatable bonds is 5. The van der Waals surface area contributed by atoms with Crippen LogP contribution in [0.25, 0.3) is 10.8 Å². The van der Waals surface area contributed by atoms with Gasteiger partial charge in [-0.2, -0.15) is 5.10 Å².